The molecule has 0 saturated heterocycles. The number of benzene rings is 1. The Morgan fingerprint density at radius 3 is 2.32 bits per heavy atom. The molecule has 22 heavy (non-hydrogen) atoms. The Morgan fingerprint density at radius 2 is 1.82 bits per heavy atom. The summed E-state index contributed by atoms with van der Waals surface area (Å²) < 4.78 is 22.0. The Morgan fingerprint density at radius 1 is 1.27 bits per heavy atom. The molecular weight excluding hydrogens is 320 g/mol. The normalized spacial score (nSPS) is 11.1. The van der Waals surface area contributed by atoms with Gasteiger partial charge in [0.2, 0.25) is 5.91 Å². The molecule has 1 amide bonds. The van der Waals surface area contributed by atoms with Crippen LogP contribution in [0.4, 0.5) is 5.69 Å². The van der Waals surface area contributed by atoms with Gasteiger partial charge in [0.15, 0.2) is 8.87 Å². The Hall–Kier alpha value is -1.05. The molecule has 0 aliphatic rings. The number of hydrogen-bond donors (Lipinski definition) is 1. The van der Waals surface area contributed by atoms with Gasteiger partial charge >= 0.3 is 0 Å². The highest BCUT2D eigenvalue weighted by molar-refractivity contribution is 8.71. The average molecular weight is 347 g/mol. The molecule has 0 atom stereocenters. The van der Waals surface area contributed by atoms with Crippen LogP contribution in [0.15, 0.2) is 18.2 Å². The molecule has 1 N–H and O–H groups in total. The van der Waals surface area contributed by atoms with Crippen molar-refractivity contribution in [2.75, 3.05) is 37.5 Å². The van der Waals surface area contributed by atoms with Crippen LogP contribution >= 0.6 is 10.8 Å². The van der Waals surface area contributed by atoms with Crippen molar-refractivity contribution < 1.29 is 13.2 Å². The summed E-state index contributed by atoms with van der Waals surface area (Å²) in [5.41, 5.74) is 2.90. The first kappa shape index (κ1) is 20.9. The smallest absolute Gasteiger partial charge is 0.238 e. The molecular formula is C15H26N2O3S2. The first-order valence-corrected chi connectivity index (χ1v) is 9.97. The summed E-state index contributed by atoms with van der Waals surface area (Å²) in [6.45, 7) is 4.68. The minimum absolute atomic E-state index is 0. The monoisotopic (exact) mass is 346 g/mol. The minimum Gasteiger partial charge on any atom is -0.324 e. The van der Waals surface area contributed by atoms with Crippen molar-refractivity contribution in [2.24, 2.45) is 0 Å². The van der Waals surface area contributed by atoms with E-state index >= 15 is 0 Å². The van der Waals surface area contributed by atoms with Crippen LogP contribution in [0.2, 0.25) is 0 Å². The molecule has 0 unspecified atom stereocenters. The van der Waals surface area contributed by atoms with Crippen LogP contribution in [-0.4, -0.2) is 51.4 Å². The second-order valence-corrected chi connectivity index (χ2v) is 9.65. The van der Waals surface area contributed by atoms with Gasteiger partial charge in [0.25, 0.3) is 0 Å². The van der Waals surface area contributed by atoms with Crippen LogP contribution in [-0.2, 0) is 13.7 Å². The van der Waals surface area contributed by atoms with Crippen LogP contribution < -0.4 is 5.32 Å². The number of aryl methyl sites for hydroxylation is 2. The lowest BCUT2D eigenvalue weighted by Gasteiger charge is -2.17. The van der Waals surface area contributed by atoms with Gasteiger partial charge in [0.1, 0.15) is 0 Å². The molecule has 0 heterocycles. The maximum absolute atomic E-state index is 12.0. The fourth-order valence-electron chi connectivity index (χ4n) is 1.86. The summed E-state index contributed by atoms with van der Waals surface area (Å²) in [7, 11) is -0.323. The molecule has 7 heteroatoms. The highest BCUT2D eigenvalue weighted by atomic mass is 33.1. The predicted molar refractivity (Wildman–Crippen MR) is 96.1 cm³/mol. The van der Waals surface area contributed by atoms with Crippen molar-refractivity contribution in [3.05, 3.63) is 29.3 Å². The van der Waals surface area contributed by atoms with E-state index in [9.17, 15) is 13.2 Å². The van der Waals surface area contributed by atoms with E-state index in [1.54, 1.807) is 11.9 Å². The summed E-state index contributed by atoms with van der Waals surface area (Å²) in [4.78, 5) is 13.8. The quantitative estimate of drug-likeness (QED) is 0.769. The summed E-state index contributed by atoms with van der Waals surface area (Å²) in [5, 5.41) is 2.91. The molecule has 1 aromatic rings. The van der Waals surface area contributed by atoms with E-state index in [1.807, 2.05) is 32.0 Å². The van der Waals surface area contributed by atoms with E-state index < -0.39 is 8.87 Å². The third kappa shape index (κ3) is 7.82. The van der Waals surface area contributed by atoms with Gasteiger partial charge in [-0.1, -0.05) is 25.6 Å². The van der Waals surface area contributed by atoms with E-state index in [0.29, 0.717) is 12.3 Å². The summed E-state index contributed by atoms with van der Waals surface area (Å²) in [6, 6.07) is 5.86. The van der Waals surface area contributed by atoms with Gasteiger partial charge in [-0.3, -0.25) is 9.69 Å². The van der Waals surface area contributed by atoms with Crippen molar-refractivity contribution >= 4 is 31.3 Å². The second-order valence-electron chi connectivity index (χ2n) is 5.08. The summed E-state index contributed by atoms with van der Waals surface area (Å²) in [5.74, 6) is 0.352. The number of para-hydroxylation sites is 1. The highest BCUT2D eigenvalue weighted by Crippen LogP contribution is 2.19. The van der Waals surface area contributed by atoms with Crippen LogP contribution in [0.5, 0.6) is 0 Å². The number of carbonyl (C=O) groups excluding carboxylic acids is 1. The van der Waals surface area contributed by atoms with Gasteiger partial charge in [0, 0.05) is 24.2 Å². The number of hydrogen-bond acceptors (Lipinski definition) is 5. The van der Waals surface area contributed by atoms with Gasteiger partial charge in [-0.25, -0.2) is 8.42 Å². The van der Waals surface area contributed by atoms with E-state index in [2.05, 4.69) is 5.32 Å². The first-order chi connectivity index (χ1) is 9.69. The summed E-state index contributed by atoms with van der Waals surface area (Å²) in [6.07, 6.45) is 1.19. The van der Waals surface area contributed by atoms with E-state index in [4.69, 9.17) is 0 Å². The zero-order chi connectivity index (χ0) is 16.0. The molecule has 0 aliphatic carbocycles. The summed E-state index contributed by atoms with van der Waals surface area (Å²) >= 11 is 0. The lowest BCUT2D eigenvalue weighted by molar-refractivity contribution is -0.117. The van der Waals surface area contributed by atoms with Crippen molar-refractivity contribution in [1.82, 2.24) is 4.90 Å². The van der Waals surface area contributed by atoms with Gasteiger partial charge in [-0.2, -0.15) is 0 Å². The van der Waals surface area contributed by atoms with Crippen molar-refractivity contribution in [3.63, 3.8) is 0 Å². The Bertz CT molecular complexity index is 581. The topological polar surface area (TPSA) is 66.5 Å². The lowest BCUT2D eigenvalue weighted by atomic mass is 10.1. The lowest BCUT2D eigenvalue weighted by Crippen LogP contribution is -2.32. The number of anilines is 1. The SMILES string of the molecule is C.Cc1cccc(C)c1NC(=O)CN(C)CCSS(C)(=O)=O. The van der Waals surface area contributed by atoms with Crippen molar-refractivity contribution in [1.29, 1.82) is 0 Å². The Balaban J connectivity index is 0.00000441. The molecule has 0 bridgehead atoms. The largest absolute Gasteiger partial charge is 0.324 e. The zero-order valence-corrected chi connectivity index (χ0v) is 14.5. The first-order valence-electron chi connectivity index (χ1n) is 6.58. The molecule has 5 nitrogen and oxygen atoms in total. The molecule has 0 spiro atoms. The third-order valence-corrected chi connectivity index (χ3v) is 5.49. The Labute approximate surface area is 137 Å². The molecule has 0 aromatic heterocycles. The molecule has 0 radical (unpaired) electrons. The fraction of sp³-hybridized carbons (Fsp3) is 0.533. The molecule has 0 aliphatic heterocycles. The second kappa shape index (κ2) is 9.17. The Kier molecular flexibility index (Phi) is 8.73. The third-order valence-electron chi connectivity index (χ3n) is 2.93. The van der Waals surface area contributed by atoms with Gasteiger partial charge in [-0.15, -0.1) is 0 Å². The maximum Gasteiger partial charge on any atom is 0.238 e. The molecule has 0 saturated carbocycles. The number of nitrogens with one attached hydrogen (secondary N) is 1. The number of carbonyl (C=O) groups is 1. The fourth-order valence-corrected chi connectivity index (χ4v) is 3.68. The number of likely N-dealkylation sites (N-methyl/N-ethyl adjacent to an activating group) is 1. The molecule has 126 valence electrons. The van der Waals surface area contributed by atoms with Gasteiger partial charge in [0.05, 0.1) is 6.54 Å². The average Bonchev–Trinajstić information content (AvgIpc) is 2.32. The minimum atomic E-state index is -3.02. The van der Waals surface area contributed by atoms with Crippen LogP contribution in [0.25, 0.3) is 0 Å². The molecule has 0 fully saturated rings. The zero-order valence-electron chi connectivity index (χ0n) is 12.8. The van der Waals surface area contributed by atoms with Crippen LogP contribution in [0.1, 0.15) is 18.6 Å². The number of amides is 1. The van der Waals surface area contributed by atoms with E-state index in [-0.39, 0.29) is 19.9 Å². The van der Waals surface area contributed by atoms with Crippen LogP contribution in [0, 0.1) is 13.8 Å². The van der Waals surface area contributed by atoms with Crippen LogP contribution in [0.3, 0.4) is 0 Å². The van der Waals surface area contributed by atoms with Gasteiger partial charge in [-0.05, 0) is 42.8 Å². The van der Waals surface area contributed by atoms with E-state index in [1.165, 1.54) is 6.26 Å². The molecule has 1 rings (SSSR count). The number of rotatable bonds is 7. The van der Waals surface area contributed by atoms with Crippen molar-refractivity contribution in [2.45, 2.75) is 21.3 Å². The highest BCUT2D eigenvalue weighted by Gasteiger charge is 2.11. The maximum atomic E-state index is 12.0. The van der Waals surface area contributed by atoms with Crippen molar-refractivity contribution in [3.8, 4) is 0 Å². The van der Waals surface area contributed by atoms with Gasteiger partial charge < -0.3 is 5.32 Å². The predicted octanol–water partition coefficient (Wildman–Crippen LogP) is 2.50. The molecule has 1 aromatic carbocycles. The standard InChI is InChI=1S/C14H22N2O3S2.CH4/c1-11-6-5-7-12(2)14(11)15-13(17)10-16(3)8-9-20-21(4,18)19;/h5-7H,8-10H2,1-4H3,(H,15,17);1H4. The van der Waals surface area contributed by atoms with E-state index in [0.717, 1.165) is 27.6 Å². The number of nitrogens with zero attached hydrogens (tertiary/aromatic N) is 1.